The van der Waals surface area contributed by atoms with E-state index in [1.54, 1.807) is 0 Å². The standard InChI is InChI=1S/C50H60N2O10/c1-33-11-13-35(3)43(29-33)59-27-9-25-49(5,6)47(57)51-31-41(53)37-15-19-39(20-16-37)61-45(55)23-24-46(56)62-40-21-17-38(18-22-40)42(54)32-52-48(58)50(7,8)26-10-28-60-44-30-34(2)12-14-36(44)4/h11-22,29-30H,9-10,23-28,31-32H2,1-8H3,(H,51,57)(H,52,58). The Morgan fingerprint density at radius 3 is 1.21 bits per heavy atom. The molecule has 0 saturated heterocycles. The van der Waals surface area contributed by atoms with Crippen molar-refractivity contribution in [2.45, 2.75) is 93.9 Å². The van der Waals surface area contributed by atoms with Crippen LogP contribution in [-0.2, 0) is 19.2 Å². The van der Waals surface area contributed by atoms with Crippen LogP contribution >= 0.6 is 0 Å². The Labute approximate surface area is 365 Å². The SMILES string of the molecule is Cc1ccc(C)c(OCCCC(C)(C)C(=O)NCC(=O)c2ccc(OC(=O)CCC(=O)Oc3ccc(C(=O)CNC(=O)C(C)(C)CCCOc4cc(C)ccc4C)cc3)cc2)c1. The molecule has 0 bridgehead atoms. The van der Waals surface area contributed by atoms with Gasteiger partial charge in [0.1, 0.15) is 23.0 Å². The van der Waals surface area contributed by atoms with E-state index in [0.717, 1.165) is 33.8 Å². The first-order valence-electron chi connectivity index (χ1n) is 21.0. The van der Waals surface area contributed by atoms with Crippen molar-refractivity contribution >= 4 is 35.3 Å². The van der Waals surface area contributed by atoms with Crippen molar-refractivity contribution in [1.29, 1.82) is 0 Å². The van der Waals surface area contributed by atoms with Gasteiger partial charge in [0.05, 0.1) is 39.1 Å². The number of esters is 2. The highest BCUT2D eigenvalue weighted by molar-refractivity contribution is 6.00. The average molecular weight is 849 g/mol. The summed E-state index contributed by atoms with van der Waals surface area (Å²) in [6.45, 7) is 15.9. The summed E-state index contributed by atoms with van der Waals surface area (Å²) < 4.78 is 22.5. The molecule has 4 rings (SSSR count). The molecule has 0 fully saturated rings. The third-order valence-electron chi connectivity index (χ3n) is 10.5. The molecule has 0 aliphatic heterocycles. The lowest BCUT2D eigenvalue weighted by molar-refractivity contribution is -0.140. The highest BCUT2D eigenvalue weighted by Gasteiger charge is 2.29. The molecule has 0 aliphatic carbocycles. The van der Waals surface area contributed by atoms with Crippen LogP contribution in [-0.4, -0.2) is 61.6 Å². The summed E-state index contributed by atoms with van der Waals surface area (Å²) in [6.07, 6.45) is 1.95. The summed E-state index contributed by atoms with van der Waals surface area (Å²) in [7, 11) is 0. The normalized spacial score (nSPS) is 11.3. The zero-order chi connectivity index (χ0) is 45.5. The number of carbonyl (C=O) groups excluding carboxylic acids is 6. The third kappa shape index (κ3) is 15.3. The van der Waals surface area contributed by atoms with E-state index in [4.69, 9.17) is 18.9 Å². The smallest absolute Gasteiger partial charge is 0.311 e. The fourth-order valence-corrected chi connectivity index (χ4v) is 6.34. The molecule has 0 spiro atoms. The highest BCUT2D eigenvalue weighted by atomic mass is 16.5. The number of hydrogen-bond donors (Lipinski definition) is 2. The zero-order valence-electron chi connectivity index (χ0n) is 37.2. The first kappa shape index (κ1) is 48.4. The topological polar surface area (TPSA) is 163 Å². The van der Waals surface area contributed by atoms with Crippen LogP contribution in [0.3, 0.4) is 0 Å². The highest BCUT2D eigenvalue weighted by Crippen LogP contribution is 2.26. The maximum absolute atomic E-state index is 12.9. The number of rotatable bonds is 23. The number of ketones is 2. The number of hydrogen-bond acceptors (Lipinski definition) is 10. The first-order valence-corrected chi connectivity index (χ1v) is 21.0. The molecule has 2 amide bonds. The van der Waals surface area contributed by atoms with Crippen LogP contribution < -0.4 is 29.6 Å². The van der Waals surface area contributed by atoms with Gasteiger partial charge < -0.3 is 29.6 Å². The van der Waals surface area contributed by atoms with Gasteiger partial charge in [-0.2, -0.15) is 0 Å². The molecule has 0 aromatic heterocycles. The summed E-state index contributed by atoms with van der Waals surface area (Å²) >= 11 is 0. The van der Waals surface area contributed by atoms with Crippen LogP contribution in [0.15, 0.2) is 84.9 Å². The molecule has 0 aliphatic rings. The summed E-state index contributed by atoms with van der Waals surface area (Å²) in [4.78, 5) is 76.3. The van der Waals surface area contributed by atoms with E-state index in [0.29, 0.717) is 50.0 Å². The summed E-state index contributed by atoms with van der Waals surface area (Å²) in [5.74, 6) is -0.408. The predicted octanol–water partition coefficient (Wildman–Crippen LogP) is 8.58. The van der Waals surface area contributed by atoms with Crippen LogP contribution in [0.2, 0.25) is 0 Å². The Bertz CT molecular complexity index is 2050. The van der Waals surface area contributed by atoms with E-state index < -0.39 is 22.8 Å². The minimum atomic E-state index is -0.708. The molecule has 12 heteroatoms. The van der Waals surface area contributed by atoms with Crippen LogP contribution in [0.1, 0.15) is 109 Å². The van der Waals surface area contributed by atoms with Gasteiger partial charge in [-0.05, 0) is 136 Å². The number of amides is 2. The molecule has 0 unspecified atom stereocenters. The van der Waals surface area contributed by atoms with E-state index in [1.807, 2.05) is 91.8 Å². The van der Waals surface area contributed by atoms with Crippen molar-refractivity contribution in [3.63, 3.8) is 0 Å². The molecule has 0 heterocycles. The van der Waals surface area contributed by atoms with Crippen molar-refractivity contribution in [2.75, 3.05) is 26.3 Å². The van der Waals surface area contributed by atoms with Crippen molar-refractivity contribution in [1.82, 2.24) is 10.6 Å². The van der Waals surface area contributed by atoms with E-state index in [2.05, 4.69) is 10.6 Å². The minimum Gasteiger partial charge on any atom is -0.493 e. The minimum absolute atomic E-state index is 0.187. The maximum atomic E-state index is 12.9. The number of nitrogens with one attached hydrogen (secondary N) is 2. The zero-order valence-corrected chi connectivity index (χ0v) is 37.2. The fraction of sp³-hybridized carbons (Fsp3) is 0.400. The number of Topliss-reactive ketones (excluding diaryl/α,β-unsaturated/α-hetero) is 2. The van der Waals surface area contributed by atoms with E-state index in [1.165, 1.54) is 48.5 Å². The Morgan fingerprint density at radius 1 is 0.500 bits per heavy atom. The Hall–Kier alpha value is -6.30. The fourth-order valence-electron chi connectivity index (χ4n) is 6.34. The van der Waals surface area contributed by atoms with Gasteiger partial charge in [-0.25, -0.2) is 0 Å². The van der Waals surface area contributed by atoms with Gasteiger partial charge in [0.15, 0.2) is 11.6 Å². The molecule has 330 valence electrons. The van der Waals surface area contributed by atoms with E-state index in [-0.39, 0.29) is 60.8 Å². The molecular weight excluding hydrogens is 789 g/mol. The molecule has 0 atom stereocenters. The lowest BCUT2D eigenvalue weighted by Crippen LogP contribution is -2.39. The quantitative estimate of drug-likeness (QED) is 0.0320. The van der Waals surface area contributed by atoms with Gasteiger partial charge in [-0.3, -0.25) is 28.8 Å². The molecular formula is C50H60N2O10. The summed E-state index contributed by atoms with van der Waals surface area (Å²) in [5, 5.41) is 5.46. The monoisotopic (exact) mass is 848 g/mol. The van der Waals surface area contributed by atoms with Gasteiger partial charge in [-0.15, -0.1) is 0 Å². The molecule has 2 N–H and O–H groups in total. The van der Waals surface area contributed by atoms with Crippen LogP contribution in [0.5, 0.6) is 23.0 Å². The largest absolute Gasteiger partial charge is 0.493 e. The lowest BCUT2D eigenvalue weighted by atomic mass is 9.87. The summed E-state index contributed by atoms with van der Waals surface area (Å²) in [5.41, 5.74) is 3.57. The maximum Gasteiger partial charge on any atom is 0.311 e. The second kappa shape index (κ2) is 22.5. The van der Waals surface area contributed by atoms with Crippen LogP contribution in [0, 0.1) is 38.5 Å². The number of benzene rings is 4. The van der Waals surface area contributed by atoms with E-state index >= 15 is 0 Å². The Morgan fingerprint density at radius 2 is 0.855 bits per heavy atom. The second-order valence-corrected chi connectivity index (χ2v) is 16.9. The first-order chi connectivity index (χ1) is 29.3. The molecule has 0 radical (unpaired) electrons. The molecule has 12 nitrogen and oxygen atoms in total. The predicted molar refractivity (Wildman–Crippen MR) is 237 cm³/mol. The molecule has 4 aromatic rings. The Kier molecular flexibility index (Phi) is 17.6. The van der Waals surface area contributed by atoms with Crippen molar-refractivity contribution in [2.24, 2.45) is 10.8 Å². The molecule has 4 aromatic carbocycles. The average Bonchev–Trinajstić information content (AvgIpc) is 3.24. The van der Waals surface area contributed by atoms with Gasteiger partial charge in [0.2, 0.25) is 11.8 Å². The second-order valence-electron chi connectivity index (χ2n) is 16.9. The van der Waals surface area contributed by atoms with Crippen LogP contribution in [0.4, 0.5) is 0 Å². The van der Waals surface area contributed by atoms with Gasteiger partial charge in [0.25, 0.3) is 0 Å². The summed E-state index contributed by atoms with van der Waals surface area (Å²) in [6, 6.07) is 23.9. The third-order valence-corrected chi connectivity index (χ3v) is 10.5. The van der Waals surface area contributed by atoms with Crippen LogP contribution in [0.25, 0.3) is 0 Å². The number of aryl methyl sites for hydroxylation is 4. The number of carbonyl (C=O) groups is 6. The number of ether oxygens (including phenoxy) is 4. The van der Waals surface area contributed by atoms with Crippen molar-refractivity contribution < 1.29 is 47.7 Å². The molecule has 62 heavy (non-hydrogen) atoms. The van der Waals surface area contributed by atoms with Gasteiger partial charge in [0, 0.05) is 22.0 Å². The van der Waals surface area contributed by atoms with Crippen molar-refractivity contribution in [3.05, 3.63) is 118 Å². The van der Waals surface area contributed by atoms with Crippen molar-refractivity contribution in [3.8, 4) is 23.0 Å². The van der Waals surface area contributed by atoms with E-state index in [9.17, 15) is 28.8 Å². The molecule has 0 saturated carbocycles. The van der Waals surface area contributed by atoms with Gasteiger partial charge >= 0.3 is 11.9 Å². The van der Waals surface area contributed by atoms with Gasteiger partial charge in [-0.1, -0.05) is 52.0 Å². The lowest BCUT2D eigenvalue weighted by Gasteiger charge is -2.23. The Balaban J connectivity index is 1.11.